The molecule has 1 aromatic carbocycles. The summed E-state index contributed by atoms with van der Waals surface area (Å²) < 4.78 is 0. The van der Waals surface area contributed by atoms with E-state index in [2.05, 4.69) is 54.6 Å². The maximum absolute atomic E-state index is 3.19. The highest BCUT2D eigenvalue weighted by Crippen LogP contribution is 2.22. The molecule has 1 unspecified atom stereocenters. The minimum atomic E-state index is 0.541. The summed E-state index contributed by atoms with van der Waals surface area (Å²) in [5.74, 6) is 0. The van der Waals surface area contributed by atoms with Gasteiger partial charge in [0.15, 0.2) is 0 Å². The molecule has 0 fully saturated rings. The quantitative estimate of drug-likeness (QED) is 0.718. The van der Waals surface area contributed by atoms with Gasteiger partial charge >= 0.3 is 0 Å². The summed E-state index contributed by atoms with van der Waals surface area (Å²) >= 11 is 0. The number of hydrogen-bond acceptors (Lipinski definition) is 2. The van der Waals surface area contributed by atoms with Crippen LogP contribution >= 0.6 is 0 Å². The van der Waals surface area contributed by atoms with Crippen LogP contribution in [0.25, 0.3) is 0 Å². The van der Waals surface area contributed by atoms with E-state index < -0.39 is 0 Å². The highest BCUT2D eigenvalue weighted by molar-refractivity contribution is 5.18. The lowest BCUT2D eigenvalue weighted by molar-refractivity contribution is 0.279. The minimum absolute atomic E-state index is 0.541. The Labute approximate surface area is 93.3 Å². The van der Waals surface area contributed by atoms with Crippen LogP contribution in [0.1, 0.15) is 24.4 Å². The molecule has 0 radical (unpaired) electrons. The SMILES string of the molecule is CNCCCC(c1ccccc1)N(C)C. The van der Waals surface area contributed by atoms with Crippen molar-refractivity contribution in [3.8, 4) is 0 Å². The second-order valence-electron chi connectivity index (χ2n) is 4.14. The topological polar surface area (TPSA) is 15.3 Å². The predicted molar refractivity (Wildman–Crippen MR) is 66.0 cm³/mol. The fraction of sp³-hybridized carbons (Fsp3) is 0.538. The standard InChI is InChI=1S/C13H22N2/c1-14-11-7-10-13(15(2)3)12-8-5-4-6-9-12/h4-6,8-9,13-14H,7,10-11H2,1-3H3. The van der Waals surface area contributed by atoms with Gasteiger partial charge in [-0.3, -0.25) is 0 Å². The van der Waals surface area contributed by atoms with Gasteiger partial charge in [-0.1, -0.05) is 30.3 Å². The van der Waals surface area contributed by atoms with Crippen molar-refractivity contribution in [2.45, 2.75) is 18.9 Å². The molecule has 1 N–H and O–H groups in total. The van der Waals surface area contributed by atoms with Gasteiger partial charge in [0, 0.05) is 6.04 Å². The van der Waals surface area contributed by atoms with Gasteiger partial charge in [0.1, 0.15) is 0 Å². The van der Waals surface area contributed by atoms with Crippen molar-refractivity contribution in [3.05, 3.63) is 35.9 Å². The second kappa shape index (κ2) is 6.59. The summed E-state index contributed by atoms with van der Waals surface area (Å²) in [5.41, 5.74) is 1.42. The summed E-state index contributed by atoms with van der Waals surface area (Å²) in [7, 11) is 6.31. The van der Waals surface area contributed by atoms with E-state index >= 15 is 0 Å². The molecule has 0 aromatic heterocycles. The molecule has 0 aliphatic carbocycles. The summed E-state index contributed by atoms with van der Waals surface area (Å²) in [6, 6.07) is 11.3. The molecule has 0 aliphatic rings. The third kappa shape index (κ3) is 4.02. The summed E-state index contributed by atoms with van der Waals surface area (Å²) in [6.45, 7) is 1.09. The molecule has 0 saturated heterocycles. The zero-order valence-electron chi connectivity index (χ0n) is 10.0. The first-order valence-electron chi connectivity index (χ1n) is 5.61. The van der Waals surface area contributed by atoms with E-state index in [1.807, 2.05) is 7.05 Å². The fourth-order valence-corrected chi connectivity index (χ4v) is 1.87. The molecule has 2 heteroatoms. The Bertz CT molecular complexity index is 256. The zero-order valence-corrected chi connectivity index (χ0v) is 10.0. The predicted octanol–water partition coefficient (Wildman–Crippen LogP) is 2.29. The van der Waals surface area contributed by atoms with Gasteiger partial charge in [0.25, 0.3) is 0 Å². The minimum Gasteiger partial charge on any atom is -0.320 e. The van der Waals surface area contributed by atoms with Crippen LogP contribution in [0.3, 0.4) is 0 Å². The molecule has 0 spiro atoms. The first kappa shape index (κ1) is 12.2. The van der Waals surface area contributed by atoms with Gasteiger partial charge in [-0.15, -0.1) is 0 Å². The molecule has 0 saturated carbocycles. The lowest BCUT2D eigenvalue weighted by Gasteiger charge is -2.24. The largest absolute Gasteiger partial charge is 0.320 e. The molecule has 15 heavy (non-hydrogen) atoms. The van der Waals surface area contributed by atoms with E-state index in [1.54, 1.807) is 0 Å². The normalized spacial score (nSPS) is 13.1. The smallest absolute Gasteiger partial charge is 0.0342 e. The second-order valence-corrected chi connectivity index (χ2v) is 4.14. The van der Waals surface area contributed by atoms with Crippen molar-refractivity contribution in [1.29, 1.82) is 0 Å². The lowest BCUT2D eigenvalue weighted by Crippen LogP contribution is -2.21. The van der Waals surface area contributed by atoms with Crippen LogP contribution in [-0.2, 0) is 0 Å². The first-order valence-corrected chi connectivity index (χ1v) is 5.61. The van der Waals surface area contributed by atoms with Crippen LogP contribution in [0.5, 0.6) is 0 Å². The maximum Gasteiger partial charge on any atom is 0.0342 e. The highest BCUT2D eigenvalue weighted by Gasteiger charge is 2.12. The van der Waals surface area contributed by atoms with Gasteiger partial charge in [-0.25, -0.2) is 0 Å². The Hall–Kier alpha value is -0.860. The van der Waals surface area contributed by atoms with Crippen molar-refractivity contribution in [2.75, 3.05) is 27.7 Å². The van der Waals surface area contributed by atoms with Crippen molar-refractivity contribution >= 4 is 0 Å². The van der Waals surface area contributed by atoms with Crippen molar-refractivity contribution < 1.29 is 0 Å². The fourth-order valence-electron chi connectivity index (χ4n) is 1.87. The number of hydrogen-bond donors (Lipinski definition) is 1. The Morgan fingerprint density at radius 2 is 1.87 bits per heavy atom. The van der Waals surface area contributed by atoms with Crippen LogP contribution in [-0.4, -0.2) is 32.6 Å². The summed E-state index contributed by atoms with van der Waals surface area (Å²) in [6.07, 6.45) is 2.42. The van der Waals surface area contributed by atoms with E-state index in [0.717, 1.165) is 6.54 Å². The monoisotopic (exact) mass is 206 g/mol. The van der Waals surface area contributed by atoms with E-state index in [9.17, 15) is 0 Å². The summed E-state index contributed by atoms with van der Waals surface area (Å²) in [4.78, 5) is 2.30. The van der Waals surface area contributed by atoms with Crippen LogP contribution in [0.4, 0.5) is 0 Å². The van der Waals surface area contributed by atoms with Crippen LogP contribution in [0.2, 0.25) is 0 Å². The van der Waals surface area contributed by atoms with Crippen LogP contribution < -0.4 is 5.32 Å². The lowest BCUT2D eigenvalue weighted by atomic mass is 10.0. The average molecular weight is 206 g/mol. The number of benzene rings is 1. The molecular formula is C13H22N2. The molecule has 0 bridgehead atoms. The van der Waals surface area contributed by atoms with Crippen molar-refractivity contribution in [1.82, 2.24) is 10.2 Å². The maximum atomic E-state index is 3.19. The van der Waals surface area contributed by atoms with Crippen molar-refractivity contribution in [2.24, 2.45) is 0 Å². The Morgan fingerprint density at radius 1 is 1.20 bits per heavy atom. The van der Waals surface area contributed by atoms with E-state index in [1.165, 1.54) is 18.4 Å². The number of nitrogens with one attached hydrogen (secondary N) is 1. The zero-order chi connectivity index (χ0) is 11.1. The highest BCUT2D eigenvalue weighted by atomic mass is 15.1. The Morgan fingerprint density at radius 3 is 2.40 bits per heavy atom. The van der Waals surface area contributed by atoms with Crippen LogP contribution in [0.15, 0.2) is 30.3 Å². The molecule has 84 valence electrons. The summed E-state index contributed by atoms with van der Waals surface area (Å²) in [5, 5.41) is 3.19. The van der Waals surface area contributed by atoms with E-state index in [0.29, 0.717) is 6.04 Å². The molecular weight excluding hydrogens is 184 g/mol. The third-order valence-corrected chi connectivity index (χ3v) is 2.71. The number of rotatable bonds is 6. The molecule has 1 atom stereocenters. The van der Waals surface area contributed by atoms with Gasteiger partial charge in [-0.2, -0.15) is 0 Å². The van der Waals surface area contributed by atoms with Gasteiger partial charge < -0.3 is 10.2 Å². The van der Waals surface area contributed by atoms with E-state index in [-0.39, 0.29) is 0 Å². The number of nitrogens with zero attached hydrogens (tertiary/aromatic N) is 1. The van der Waals surface area contributed by atoms with E-state index in [4.69, 9.17) is 0 Å². The average Bonchev–Trinajstić information content (AvgIpc) is 2.25. The molecule has 2 nitrogen and oxygen atoms in total. The van der Waals surface area contributed by atoms with Crippen LogP contribution in [0, 0.1) is 0 Å². The first-order chi connectivity index (χ1) is 7.25. The van der Waals surface area contributed by atoms with Gasteiger partial charge in [0.05, 0.1) is 0 Å². The third-order valence-electron chi connectivity index (χ3n) is 2.71. The molecule has 1 rings (SSSR count). The molecule has 0 aliphatic heterocycles. The molecule has 0 amide bonds. The molecule has 1 aromatic rings. The Kier molecular flexibility index (Phi) is 5.37. The van der Waals surface area contributed by atoms with Gasteiger partial charge in [0.2, 0.25) is 0 Å². The van der Waals surface area contributed by atoms with Gasteiger partial charge in [-0.05, 0) is 46.1 Å². The van der Waals surface area contributed by atoms with Crippen molar-refractivity contribution in [3.63, 3.8) is 0 Å². The molecule has 0 heterocycles. The Balaban J connectivity index is 2.58.